The molecule has 1 aromatic carbocycles. The van der Waals surface area contributed by atoms with Crippen LogP contribution in [0.2, 0.25) is 0 Å². The predicted molar refractivity (Wildman–Crippen MR) is 140 cm³/mol. The Morgan fingerprint density at radius 1 is 0.972 bits per heavy atom. The molecule has 0 aliphatic heterocycles. The molecule has 0 unspecified atom stereocenters. The normalized spacial score (nSPS) is 11.0. The number of carbonyl (C=O) groups is 2. The number of benzene rings is 1. The van der Waals surface area contributed by atoms with E-state index in [0.29, 0.717) is 37.6 Å². The van der Waals surface area contributed by atoms with Crippen LogP contribution in [0.1, 0.15) is 60.0 Å². The van der Waals surface area contributed by atoms with E-state index >= 15 is 0 Å². The van der Waals surface area contributed by atoms with Gasteiger partial charge in [0.15, 0.2) is 0 Å². The lowest BCUT2D eigenvalue weighted by atomic mass is 10.0. The molecule has 2 heterocycles. The topological polar surface area (TPSA) is 67.9 Å². The van der Waals surface area contributed by atoms with Crippen molar-refractivity contribution in [3.63, 3.8) is 0 Å². The number of rotatable bonds is 15. The maximum atomic E-state index is 13.5. The molecular weight excluding hydrogens is 454 g/mol. The molecule has 2 amide bonds. The summed E-state index contributed by atoms with van der Waals surface area (Å²) in [5.74, 6) is 0.376. The van der Waals surface area contributed by atoms with Gasteiger partial charge in [0.1, 0.15) is 12.3 Å². The molecule has 0 atom stereocenters. The third-order valence-electron chi connectivity index (χ3n) is 6.38. The van der Waals surface area contributed by atoms with Gasteiger partial charge in [-0.25, -0.2) is 0 Å². The second-order valence-corrected chi connectivity index (χ2v) is 9.17. The second-order valence-electron chi connectivity index (χ2n) is 9.17. The number of aryl methyl sites for hydroxylation is 2. The Hall–Kier alpha value is -3.32. The molecule has 0 N–H and O–H groups in total. The van der Waals surface area contributed by atoms with E-state index < -0.39 is 0 Å². The molecule has 3 rings (SSSR count). The number of nitrogens with zero attached hydrogens (tertiary/aromatic N) is 3. The smallest absolute Gasteiger partial charge is 0.254 e. The van der Waals surface area contributed by atoms with Crippen LogP contribution in [0.25, 0.3) is 0 Å². The minimum absolute atomic E-state index is 0.0356. The number of hydrogen-bond donors (Lipinski definition) is 0. The van der Waals surface area contributed by atoms with Gasteiger partial charge < -0.3 is 23.5 Å². The highest BCUT2D eigenvalue weighted by Gasteiger charge is 2.24. The van der Waals surface area contributed by atoms with Crippen LogP contribution in [0.15, 0.2) is 65.4 Å². The van der Waals surface area contributed by atoms with Gasteiger partial charge in [-0.1, -0.05) is 38.3 Å². The quantitative estimate of drug-likeness (QED) is 0.278. The van der Waals surface area contributed by atoms with Crippen molar-refractivity contribution in [3.8, 4) is 0 Å². The highest BCUT2D eigenvalue weighted by atomic mass is 16.5. The number of unbranched alkanes of at least 4 members (excludes halogenated alkanes) is 3. The number of methoxy groups -OCH3 is 1. The Morgan fingerprint density at radius 2 is 1.78 bits per heavy atom. The Bertz CT molecular complexity index is 1060. The summed E-state index contributed by atoms with van der Waals surface area (Å²) >= 11 is 0. The van der Waals surface area contributed by atoms with Gasteiger partial charge in [0.05, 0.1) is 26.0 Å². The number of hydrogen-bond acceptors (Lipinski definition) is 4. The summed E-state index contributed by atoms with van der Waals surface area (Å²) in [5, 5.41) is 0. The predicted octanol–water partition coefficient (Wildman–Crippen LogP) is 5.06. The maximum absolute atomic E-state index is 13.5. The third kappa shape index (κ3) is 8.12. The SMILES string of the molecule is CCCCCCc1ccc(C(=O)N(CCOC)CC(=O)N(Cc2ccco2)Cc2cccn2C)cc1. The van der Waals surface area contributed by atoms with E-state index in [1.807, 2.05) is 66.3 Å². The van der Waals surface area contributed by atoms with Crippen LogP contribution in [-0.4, -0.2) is 53.0 Å². The number of furan rings is 1. The van der Waals surface area contributed by atoms with E-state index in [4.69, 9.17) is 9.15 Å². The van der Waals surface area contributed by atoms with Gasteiger partial charge in [-0.15, -0.1) is 0 Å². The summed E-state index contributed by atoms with van der Waals surface area (Å²) in [5.41, 5.74) is 2.81. The molecule has 0 radical (unpaired) electrons. The summed E-state index contributed by atoms with van der Waals surface area (Å²) < 4.78 is 12.7. The van der Waals surface area contributed by atoms with Crippen LogP contribution in [0, 0.1) is 0 Å². The molecular formula is C29H39N3O4. The average Bonchev–Trinajstić information content (AvgIpc) is 3.55. The number of ether oxygens (including phenoxy) is 1. The Morgan fingerprint density at radius 3 is 2.42 bits per heavy atom. The van der Waals surface area contributed by atoms with Gasteiger partial charge in [-0.2, -0.15) is 0 Å². The molecule has 0 aliphatic rings. The summed E-state index contributed by atoms with van der Waals surface area (Å²) in [4.78, 5) is 30.2. The molecule has 7 heteroatoms. The zero-order valence-electron chi connectivity index (χ0n) is 21.8. The fourth-order valence-electron chi connectivity index (χ4n) is 4.15. The number of carbonyl (C=O) groups excluding carboxylic acids is 2. The van der Waals surface area contributed by atoms with E-state index in [0.717, 1.165) is 18.5 Å². The molecule has 36 heavy (non-hydrogen) atoms. The molecule has 0 bridgehead atoms. The van der Waals surface area contributed by atoms with Crippen LogP contribution >= 0.6 is 0 Å². The highest BCUT2D eigenvalue weighted by molar-refractivity contribution is 5.96. The van der Waals surface area contributed by atoms with Crippen molar-refractivity contribution in [1.82, 2.24) is 14.4 Å². The molecule has 7 nitrogen and oxygen atoms in total. The lowest BCUT2D eigenvalue weighted by Gasteiger charge is -2.27. The fraction of sp³-hybridized carbons (Fsp3) is 0.448. The molecule has 0 spiro atoms. The van der Waals surface area contributed by atoms with Crippen LogP contribution in [0.3, 0.4) is 0 Å². The highest BCUT2D eigenvalue weighted by Crippen LogP contribution is 2.15. The van der Waals surface area contributed by atoms with Gasteiger partial charge in [-0.3, -0.25) is 9.59 Å². The van der Waals surface area contributed by atoms with Crippen molar-refractivity contribution in [2.45, 2.75) is 52.1 Å². The van der Waals surface area contributed by atoms with E-state index in [2.05, 4.69) is 6.92 Å². The molecule has 0 saturated carbocycles. The number of aromatic nitrogens is 1. The first-order valence-corrected chi connectivity index (χ1v) is 12.8. The van der Waals surface area contributed by atoms with Gasteiger partial charge in [0, 0.05) is 38.2 Å². The largest absolute Gasteiger partial charge is 0.467 e. The van der Waals surface area contributed by atoms with Crippen molar-refractivity contribution in [2.75, 3.05) is 26.8 Å². The second kappa shape index (κ2) is 14.3. The zero-order chi connectivity index (χ0) is 25.8. The van der Waals surface area contributed by atoms with Gasteiger partial charge in [-0.05, 0) is 54.8 Å². The van der Waals surface area contributed by atoms with Crippen molar-refractivity contribution in [1.29, 1.82) is 0 Å². The summed E-state index contributed by atoms with van der Waals surface area (Å²) in [6.07, 6.45) is 9.41. The van der Waals surface area contributed by atoms with E-state index in [-0.39, 0.29) is 18.4 Å². The minimum Gasteiger partial charge on any atom is -0.467 e. The summed E-state index contributed by atoms with van der Waals surface area (Å²) in [6, 6.07) is 15.4. The first-order chi connectivity index (χ1) is 17.5. The van der Waals surface area contributed by atoms with Gasteiger partial charge in [0.25, 0.3) is 5.91 Å². The van der Waals surface area contributed by atoms with Crippen molar-refractivity contribution in [2.24, 2.45) is 7.05 Å². The van der Waals surface area contributed by atoms with Crippen LogP contribution in [0.4, 0.5) is 0 Å². The van der Waals surface area contributed by atoms with Crippen molar-refractivity contribution >= 4 is 11.8 Å². The van der Waals surface area contributed by atoms with E-state index in [9.17, 15) is 9.59 Å². The number of amides is 2. The molecule has 194 valence electrons. The third-order valence-corrected chi connectivity index (χ3v) is 6.38. The van der Waals surface area contributed by atoms with Crippen LogP contribution in [-0.2, 0) is 36.1 Å². The zero-order valence-corrected chi connectivity index (χ0v) is 21.8. The monoisotopic (exact) mass is 493 g/mol. The molecule has 0 saturated heterocycles. The maximum Gasteiger partial charge on any atom is 0.254 e. The molecule has 3 aromatic rings. The van der Waals surface area contributed by atoms with E-state index in [1.54, 1.807) is 23.2 Å². The molecule has 0 aliphatic carbocycles. The van der Waals surface area contributed by atoms with Crippen molar-refractivity contribution in [3.05, 3.63) is 83.6 Å². The lowest BCUT2D eigenvalue weighted by Crippen LogP contribution is -2.43. The summed E-state index contributed by atoms with van der Waals surface area (Å²) in [6.45, 7) is 3.60. The van der Waals surface area contributed by atoms with Crippen molar-refractivity contribution < 1.29 is 18.7 Å². The first kappa shape index (κ1) is 27.3. The van der Waals surface area contributed by atoms with Gasteiger partial charge >= 0.3 is 0 Å². The average molecular weight is 494 g/mol. The standard InChI is InChI=1S/C29H39N3O4/c1-4-5-6-7-10-24-13-15-25(16-14-24)29(34)31(18-20-35-3)23-28(33)32(22-27-12-9-19-36-27)21-26-11-8-17-30(26)2/h8-9,11-17,19H,4-7,10,18,20-23H2,1-3H3. The Kier molecular flexibility index (Phi) is 10.8. The fourth-order valence-corrected chi connectivity index (χ4v) is 4.15. The Labute approximate surface area is 214 Å². The molecule has 0 fully saturated rings. The summed E-state index contributed by atoms with van der Waals surface area (Å²) in [7, 11) is 3.54. The molecule has 2 aromatic heterocycles. The van der Waals surface area contributed by atoms with E-state index in [1.165, 1.54) is 24.8 Å². The van der Waals surface area contributed by atoms with Crippen LogP contribution in [0.5, 0.6) is 0 Å². The lowest BCUT2D eigenvalue weighted by molar-refractivity contribution is -0.133. The first-order valence-electron chi connectivity index (χ1n) is 12.8. The minimum atomic E-state index is -0.172. The van der Waals surface area contributed by atoms with Crippen LogP contribution < -0.4 is 0 Å². The van der Waals surface area contributed by atoms with Gasteiger partial charge in [0.2, 0.25) is 5.91 Å². The Balaban J connectivity index is 1.70.